The lowest BCUT2D eigenvalue weighted by Crippen LogP contribution is -2.76. The van der Waals surface area contributed by atoms with Crippen LogP contribution < -0.4 is 0 Å². The number of fused-ring (bicyclic) bond motifs is 2. The lowest BCUT2D eigenvalue weighted by atomic mass is 9.40. The molecule has 168 valence electrons. The lowest BCUT2D eigenvalue weighted by molar-refractivity contribution is -0.380. The Labute approximate surface area is 178 Å². The molecule has 0 radical (unpaired) electrons. The molecule has 0 amide bonds. The molecule has 0 N–H and O–H groups in total. The van der Waals surface area contributed by atoms with Gasteiger partial charge in [-0.2, -0.15) is 0 Å². The number of epoxide rings is 1. The third-order valence-electron chi connectivity index (χ3n) is 9.72. The van der Waals surface area contributed by atoms with E-state index in [0.717, 1.165) is 38.7 Å². The van der Waals surface area contributed by atoms with E-state index in [1.54, 1.807) is 7.11 Å². The predicted octanol–water partition coefficient (Wildman–Crippen LogP) is 2.65. The van der Waals surface area contributed by atoms with Crippen LogP contribution in [-0.2, 0) is 33.2 Å². The van der Waals surface area contributed by atoms with Gasteiger partial charge < -0.3 is 28.4 Å². The number of ether oxygens (including phenoxy) is 6. The quantitative estimate of drug-likeness (QED) is 0.511. The first-order chi connectivity index (χ1) is 14.3. The largest absolute Gasteiger partial charge is 0.462 e. The lowest BCUT2D eigenvalue weighted by Gasteiger charge is -2.69. The molecule has 11 atom stereocenters. The average molecular weight is 423 g/mol. The second-order valence-corrected chi connectivity index (χ2v) is 10.8. The van der Waals surface area contributed by atoms with Gasteiger partial charge in [-0.25, -0.2) is 0 Å². The molecule has 7 nitrogen and oxygen atoms in total. The summed E-state index contributed by atoms with van der Waals surface area (Å²) in [6.45, 7) is 7.68. The van der Waals surface area contributed by atoms with Crippen LogP contribution in [0.3, 0.4) is 0 Å². The zero-order valence-corrected chi connectivity index (χ0v) is 18.4. The van der Waals surface area contributed by atoms with Gasteiger partial charge in [0.25, 0.3) is 0 Å². The number of carbonyl (C=O) groups excluding carboxylic acids is 1. The summed E-state index contributed by atoms with van der Waals surface area (Å²) in [5.74, 6) is 0.792. The van der Waals surface area contributed by atoms with Gasteiger partial charge in [0.05, 0.1) is 30.8 Å². The van der Waals surface area contributed by atoms with E-state index in [0.29, 0.717) is 18.4 Å². The SMILES string of the molecule is CO[C@H]1OC2CC3C1([C@@H](OC(C)=O)CC(C)[C@]3(C)C1C[C@H]3CCO[C@H]3O1)C1(CO1)C2. The van der Waals surface area contributed by atoms with E-state index < -0.39 is 11.7 Å². The molecule has 2 spiro atoms. The van der Waals surface area contributed by atoms with Crippen LogP contribution in [0.25, 0.3) is 0 Å². The fourth-order valence-electron chi connectivity index (χ4n) is 8.20. The number of esters is 1. The highest BCUT2D eigenvalue weighted by Crippen LogP contribution is 2.74. The highest BCUT2D eigenvalue weighted by Gasteiger charge is 2.82. The van der Waals surface area contributed by atoms with Crippen molar-refractivity contribution in [3.63, 3.8) is 0 Å². The number of methoxy groups -OCH3 is 1. The number of hydrogen-bond donors (Lipinski definition) is 0. The molecule has 5 heterocycles. The predicted molar refractivity (Wildman–Crippen MR) is 104 cm³/mol. The summed E-state index contributed by atoms with van der Waals surface area (Å²) in [6, 6.07) is 0. The molecule has 2 bridgehead atoms. The Morgan fingerprint density at radius 1 is 1.17 bits per heavy atom. The van der Waals surface area contributed by atoms with E-state index in [1.165, 1.54) is 6.92 Å². The molecule has 7 fully saturated rings. The van der Waals surface area contributed by atoms with Gasteiger partial charge in [-0.3, -0.25) is 4.79 Å². The van der Waals surface area contributed by atoms with Gasteiger partial charge in [0.2, 0.25) is 0 Å². The van der Waals surface area contributed by atoms with Crippen molar-refractivity contribution >= 4 is 5.97 Å². The summed E-state index contributed by atoms with van der Waals surface area (Å²) >= 11 is 0. The van der Waals surface area contributed by atoms with E-state index >= 15 is 0 Å². The third-order valence-corrected chi connectivity index (χ3v) is 9.72. The molecule has 0 aromatic carbocycles. The molecule has 7 heteroatoms. The summed E-state index contributed by atoms with van der Waals surface area (Å²) in [5.41, 5.74) is -0.931. The van der Waals surface area contributed by atoms with Crippen molar-refractivity contribution in [2.45, 2.75) is 89.4 Å². The zero-order valence-electron chi connectivity index (χ0n) is 18.4. The van der Waals surface area contributed by atoms with E-state index in [1.807, 2.05) is 0 Å². The Morgan fingerprint density at radius 2 is 1.97 bits per heavy atom. The molecule has 2 aliphatic carbocycles. The molecule has 2 saturated carbocycles. The number of carbonyl (C=O) groups is 1. The summed E-state index contributed by atoms with van der Waals surface area (Å²) in [4.78, 5) is 12.2. The van der Waals surface area contributed by atoms with Crippen LogP contribution in [-0.4, -0.2) is 62.8 Å². The molecule has 0 aromatic heterocycles. The molecular formula is C23H34O7. The first kappa shape index (κ1) is 19.9. The van der Waals surface area contributed by atoms with Crippen LogP contribution in [0.1, 0.15) is 52.9 Å². The minimum absolute atomic E-state index is 0.0671. The normalized spacial score (nSPS) is 58.5. The van der Waals surface area contributed by atoms with Crippen molar-refractivity contribution in [1.29, 1.82) is 0 Å². The smallest absolute Gasteiger partial charge is 0.302 e. The monoisotopic (exact) mass is 422 g/mol. The molecule has 7 rings (SSSR count). The number of rotatable bonds is 3. The average Bonchev–Trinajstić information content (AvgIpc) is 3.12. The van der Waals surface area contributed by atoms with Crippen molar-refractivity contribution in [3.05, 3.63) is 0 Å². The Kier molecular flexibility index (Phi) is 4.26. The first-order valence-corrected chi connectivity index (χ1v) is 11.6. The van der Waals surface area contributed by atoms with Crippen molar-refractivity contribution in [3.8, 4) is 0 Å². The van der Waals surface area contributed by atoms with E-state index in [2.05, 4.69) is 13.8 Å². The zero-order chi connectivity index (χ0) is 20.9. The van der Waals surface area contributed by atoms with Gasteiger partial charge in [-0.15, -0.1) is 0 Å². The Morgan fingerprint density at radius 3 is 2.63 bits per heavy atom. The van der Waals surface area contributed by atoms with Crippen molar-refractivity contribution < 1.29 is 33.2 Å². The highest BCUT2D eigenvalue weighted by molar-refractivity contribution is 5.66. The molecule has 5 aliphatic heterocycles. The number of hydrogen-bond acceptors (Lipinski definition) is 7. The maximum Gasteiger partial charge on any atom is 0.302 e. The maximum absolute atomic E-state index is 12.2. The van der Waals surface area contributed by atoms with Crippen molar-refractivity contribution in [2.24, 2.45) is 28.6 Å². The Bertz CT molecular complexity index is 725. The Hall–Kier alpha value is -0.730. The van der Waals surface area contributed by atoms with Crippen LogP contribution in [0.2, 0.25) is 0 Å². The minimum Gasteiger partial charge on any atom is -0.462 e. The van der Waals surface area contributed by atoms with E-state index in [-0.39, 0.29) is 47.5 Å². The summed E-state index contributed by atoms with van der Waals surface area (Å²) in [6.07, 6.45) is 4.10. The van der Waals surface area contributed by atoms with Gasteiger partial charge in [-0.05, 0) is 37.5 Å². The van der Waals surface area contributed by atoms with Gasteiger partial charge in [-0.1, -0.05) is 13.8 Å². The fraction of sp³-hybridized carbons (Fsp3) is 0.957. The molecule has 5 saturated heterocycles. The van der Waals surface area contributed by atoms with Gasteiger partial charge in [0.1, 0.15) is 11.7 Å². The summed E-state index contributed by atoms with van der Waals surface area (Å²) in [7, 11) is 1.71. The Balaban J connectivity index is 1.46. The molecule has 6 unspecified atom stereocenters. The maximum atomic E-state index is 12.2. The van der Waals surface area contributed by atoms with Gasteiger partial charge >= 0.3 is 5.97 Å². The second-order valence-electron chi connectivity index (χ2n) is 10.8. The third kappa shape index (κ3) is 2.31. The second kappa shape index (κ2) is 6.41. The summed E-state index contributed by atoms with van der Waals surface area (Å²) < 4.78 is 37.1. The van der Waals surface area contributed by atoms with Crippen molar-refractivity contribution in [2.75, 3.05) is 20.3 Å². The van der Waals surface area contributed by atoms with Crippen LogP contribution in [0.15, 0.2) is 0 Å². The van der Waals surface area contributed by atoms with Crippen LogP contribution in [0, 0.1) is 28.6 Å². The molecule has 7 aliphatic rings. The van der Waals surface area contributed by atoms with E-state index in [9.17, 15) is 4.79 Å². The molecule has 30 heavy (non-hydrogen) atoms. The fourth-order valence-corrected chi connectivity index (χ4v) is 8.20. The van der Waals surface area contributed by atoms with Crippen molar-refractivity contribution in [1.82, 2.24) is 0 Å². The van der Waals surface area contributed by atoms with E-state index in [4.69, 9.17) is 28.4 Å². The minimum atomic E-state index is -0.509. The summed E-state index contributed by atoms with van der Waals surface area (Å²) in [5, 5.41) is 0. The molecule has 0 aromatic rings. The van der Waals surface area contributed by atoms with Crippen LogP contribution >= 0.6 is 0 Å². The first-order valence-electron chi connectivity index (χ1n) is 11.6. The standard InChI is InChI=1S/C23H34O7/c1-12-7-18(28-13(2)24)23-16(9-15(29-20(23)25-4)10-22(23)11-27-22)21(12,3)17-8-14-5-6-26-19(14)30-17/h12,14-20H,5-11H2,1-4H3/t12?,14-,15?,16?,17?,18+,19+,20+,21+,22?,23?/m1/s1. The highest BCUT2D eigenvalue weighted by atomic mass is 16.7. The molecular weight excluding hydrogens is 388 g/mol. The van der Waals surface area contributed by atoms with Crippen LogP contribution in [0.4, 0.5) is 0 Å². The van der Waals surface area contributed by atoms with Gasteiger partial charge in [0.15, 0.2) is 12.6 Å². The van der Waals surface area contributed by atoms with Crippen LogP contribution in [0.5, 0.6) is 0 Å². The topological polar surface area (TPSA) is 75.8 Å². The van der Waals surface area contributed by atoms with Gasteiger partial charge in [0, 0.05) is 31.8 Å².